The molecule has 0 aromatic rings. The lowest BCUT2D eigenvalue weighted by Gasteiger charge is -2.37. The zero-order valence-corrected chi connectivity index (χ0v) is 8.77. The van der Waals surface area contributed by atoms with Gasteiger partial charge < -0.3 is 5.32 Å². The molecule has 0 aromatic heterocycles. The van der Waals surface area contributed by atoms with Gasteiger partial charge in [-0.3, -0.25) is 0 Å². The summed E-state index contributed by atoms with van der Waals surface area (Å²) in [7, 11) is 0. The van der Waals surface area contributed by atoms with Crippen molar-refractivity contribution < 1.29 is 0 Å². The maximum atomic E-state index is 3.67. The molecule has 1 unspecified atom stereocenters. The molecule has 1 aliphatic carbocycles. The van der Waals surface area contributed by atoms with E-state index in [1.807, 2.05) is 0 Å². The van der Waals surface area contributed by atoms with Gasteiger partial charge in [0, 0.05) is 6.04 Å². The van der Waals surface area contributed by atoms with Crippen LogP contribution < -0.4 is 5.32 Å². The van der Waals surface area contributed by atoms with Gasteiger partial charge in [-0.05, 0) is 37.6 Å². The van der Waals surface area contributed by atoms with Crippen molar-refractivity contribution in [2.45, 2.75) is 52.5 Å². The molecule has 1 rings (SSSR count). The largest absolute Gasteiger partial charge is 0.313 e. The molecule has 0 radical (unpaired) electrons. The maximum absolute atomic E-state index is 3.67. The molecule has 1 nitrogen and oxygen atoms in total. The number of rotatable bonds is 5. The first-order chi connectivity index (χ1) is 5.75. The van der Waals surface area contributed by atoms with E-state index in [-0.39, 0.29) is 0 Å². The third-order valence-corrected chi connectivity index (χ3v) is 3.01. The van der Waals surface area contributed by atoms with Crippen LogP contribution in [0.5, 0.6) is 0 Å². The summed E-state index contributed by atoms with van der Waals surface area (Å²) in [6.07, 6.45) is 5.64. The summed E-state index contributed by atoms with van der Waals surface area (Å²) in [6.45, 7) is 8.11. The Morgan fingerprint density at radius 1 is 1.33 bits per heavy atom. The Hall–Kier alpha value is -0.0400. The molecule has 0 spiro atoms. The molecule has 0 saturated heterocycles. The molecule has 1 atom stereocenters. The summed E-state index contributed by atoms with van der Waals surface area (Å²) < 4.78 is 0. The molecule has 1 saturated carbocycles. The van der Waals surface area contributed by atoms with Gasteiger partial charge in [-0.25, -0.2) is 0 Å². The molecule has 0 aromatic carbocycles. The van der Waals surface area contributed by atoms with Gasteiger partial charge in [0.25, 0.3) is 0 Å². The highest BCUT2D eigenvalue weighted by Crippen LogP contribution is 2.32. The molecule has 1 fully saturated rings. The lowest BCUT2D eigenvalue weighted by atomic mass is 9.76. The summed E-state index contributed by atoms with van der Waals surface area (Å²) in [6, 6.07) is 0.790. The number of nitrogens with one attached hydrogen (secondary N) is 1. The van der Waals surface area contributed by atoms with E-state index < -0.39 is 0 Å². The van der Waals surface area contributed by atoms with E-state index in [0.717, 1.165) is 17.9 Å². The predicted molar refractivity (Wildman–Crippen MR) is 54.3 cm³/mol. The second-order valence-corrected chi connectivity index (χ2v) is 4.41. The third kappa shape index (κ3) is 2.48. The molecule has 72 valence electrons. The quantitative estimate of drug-likeness (QED) is 0.667. The first kappa shape index (κ1) is 10.0. The number of hydrogen-bond donors (Lipinski definition) is 1. The van der Waals surface area contributed by atoms with Crippen molar-refractivity contribution in [2.75, 3.05) is 6.54 Å². The SMILES string of the molecule is CCCNC(C(C)C)C1CCC1. The zero-order valence-electron chi connectivity index (χ0n) is 8.77. The van der Waals surface area contributed by atoms with Gasteiger partial charge in [0.05, 0.1) is 0 Å². The van der Waals surface area contributed by atoms with Crippen LogP contribution in [0.3, 0.4) is 0 Å². The monoisotopic (exact) mass is 169 g/mol. The highest BCUT2D eigenvalue weighted by molar-refractivity contribution is 4.84. The fourth-order valence-corrected chi connectivity index (χ4v) is 2.06. The van der Waals surface area contributed by atoms with Crippen molar-refractivity contribution in [2.24, 2.45) is 11.8 Å². The molecular weight excluding hydrogens is 146 g/mol. The molecule has 0 amide bonds. The highest BCUT2D eigenvalue weighted by atomic mass is 14.9. The van der Waals surface area contributed by atoms with Crippen LogP contribution in [0.25, 0.3) is 0 Å². The second kappa shape index (κ2) is 4.86. The van der Waals surface area contributed by atoms with Crippen molar-refractivity contribution in [1.82, 2.24) is 5.32 Å². The van der Waals surface area contributed by atoms with Crippen LogP contribution in [-0.2, 0) is 0 Å². The van der Waals surface area contributed by atoms with Gasteiger partial charge >= 0.3 is 0 Å². The van der Waals surface area contributed by atoms with Crippen molar-refractivity contribution in [3.05, 3.63) is 0 Å². The van der Waals surface area contributed by atoms with Gasteiger partial charge in [0.15, 0.2) is 0 Å². The Bertz CT molecular complexity index is 116. The van der Waals surface area contributed by atoms with E-state index in [1.54, 1.807) is 0 Å². The normalized spacial score (nSPS) is 21.0. The van der Waals surface area contributed by atoms with E-state index in [0.29, 0.717) is 0 Å². The minimum Gasteiger partial charge on any atom is -0.313 e. The minimum absolute atomic E-state index is 0.790. The fourth-order valence-electron chi connectivity index (χ4n) is 2.06. The Balaban J connectivity index is 2.27. The smallest absolute Gasteiger partial charge is 0.0118 e. The van der Waals surface area contributed by atoms with E-state index in [9.17, 15) is 0 Å². The summed E-state index contributed by atoms with van der Waals surface area (Å²) in [5, 5.41) is 3.67. The van der Waals surface area contributed by atoms with E-state index in [4.69, 9.17) is 0 Å². The molecular formula is C11H23N. The lowest BCUT2D eigenvalue weighted by Crippen LogP contribution is -2.43. The predicted octanol–water partition coefficient (Wildman–Crippen LogP) is 2.81. The van der Waals surface area contributed by atoms with Crippen LogP contribution in [0, 0.1) is 11.8 Å². The topological polar surface area (TPSA) is 12.0 Å². The van der Waals surface area contributed by atoms with Crippen molar-refractivity contribution in [3.8, 4) is 0 Å². The summed E-state index contributed by atoms with van der Waals surface area (Å²) in [5.74, 6) is 1.79. The van der Waals surface area contributed by atoms with Gasteiger partial charge in [0.2, 0.25) is 0 Å². The minimum atomic E-state index is 0.790. The highest BCUT2D eigenvalue weighted by Gasteiger charge is 2.28. The average molecular weight is 169 g/mol. The third-order valence-electron chi connectivity index (χ3n) is 3.01. The summed E-state index contributed by atoms with van der Waals surface area (Å²) >= 11 is 0. The molecule has 0 bridgehead atoms. The Kier molecular flexibility index (Phi) is 4.07. The van der Waals surface area contributed by atoms with E-state index in [2.05, 4.69) is 26.1 Å². The van der Waals surface area contributed by atoms with Crippen LogP contribution in [-0.4, -0.2) is 12.6 Å². The van der Waals surface area contributed by atoms with Crippen LogP contribution in [0.1, 0.15) is 46.5 Å². The van der Waals surface area contributed by atoms with E-state index >= 15 is 0 Å². The lowest BCUT2D eigenvalue weighted by molar-refractivity contribution is 0.188. The molecule has 1 N–H and O–H groups in total. The van der Waals surface area contributed by atoms with Crippen molar-refractivity contribution in [1.29, 1.82) is 0 Å². The zero-order chi connectivity index (χ0) is 8.97. The van der Waals surface area contributed by atoms with Crippen molar-refractivity contribution >= 4 is 0 Å². The van der Waals surface area contributed by atoms with Crippen molar-refractivity contribution in [3.63, 3.8) is 0 Å². The standard InChI is InChI=1S/C11H23N/c1-4-8-12-11(9(2)3)10-6-5-7-10/h9-12H,4-8H2,1-3H3. The average Bonchev–Trinajstić information content (AvgIpc) is 1.93. The molecule has 1 heteroatoms. The molecule has 12 heavy (non-hydrogen) atoms. The summed E-state index contributed by atoms with van der Waals surface area (Å²) in [4.78, 5) is 0. The second-order valence-electron chi connectivity index (χ2n) is 4.41. The van der Waals surface area contributed by atoms with Crippen LogP contribution in [0.4, 0.5) is 0 Å². The summed E-state index contributed by atoms with van der Waals surface area (Å²) in [5.41, 5.74) is 0. The van der Waals surface area contributed by atoms with Gasteiger partial charge in [-0.15, -0.1) is 0 Å². The van der Waals surface area contributed by atoms with Crippen LogP contribution >= 0.6 is 0 Å². The molecule has 0 aliphatic heterocycles. The molecule has 0 heterocycles. The van der Waals surface area contributed by atoms with Gasteiger partial charge in [0.1, 0.15) is 0 Å². The Labute approximate surface area is 76.9 Å². The van der Waals surface area contributed by atoms with Gasteiger partial charge in [-0.2, -0.15) is 0 Å². The molecule has 1 aliphatic rings. The first-order valence-electron chi connectivity index (χ1n) is 5.49. The van der Waals surface area contributed by atoms with Crippen LogP contribution in [0.15, 0.2) is 0 Å². The van der Waals surface area contributed by atoms with E-state index in [1.165, 1.54) is 32.2 Å². The number of hydrogen-bond acceptors (Lipinski definition) is 1. The van der Waals surface area contributed by atoms with Crippen LogP contribution in [0.2, 0.25) is 0 Å². The maximum Gasteiger partial charge on any atom is 0.0118 e. The van der Waals surface area contributed by atoms with Gasteiger partial charge in [-0.1, -0.05) is 27.2 Å². The first-order valence-corrected chi connectivity index (χ1v) is 5.49. The fraction of sp³-hybridized carbons (Fsp3) is 1.00. The Morgan fingerprint density at radius 2 is 2.00 bits per heavy atom. The Morgan fingerprint density at radius 3 is 2.33 bits per heavy atom.